The molecule has 2 rings (SSSR count). The average molecular weight is 245 g/mol. The van der Waals surface area contributed by atoms with Crippen LogP contribution in [0.4, 0.5) is 5.13 Å². The molecule has 0 radical (unpaired) electrons. The number of thiazole rings is 1. The Balaban J connectivity index is 2.61. The molecule has 0 saturated carbocycles. The molecule has 0 bridgehead atoms. The highest BCUT2D eigenvalue weighted by Gasteiger charge is 2.10. The number of aromatic nitrogens is 1. The molecule has 0 aliphatic carbocycles. The number of nitrogens with zero attached hydrogens (tertiary/aromatic N) is 1. The van der Waals surface area contributed by atoms with Crippen molar-refractivity contribution in [3.8, 4) is 11.3 Å². The molecule has 1 aromatic heterocycles. The Kier molecular flexibility index (Phi) is 2.63. The number of hydrogen-bond donors (Lipinski definition) is 1. The van der Waals surface area contributed by atoms with Crippen LogP contribution in [-0.2, 0) is 0 Å². The first-order valence-corrected chi connectivity index (χ1v) is 5.47. The molecule has 2 N–H and O–H groups in total. The van der Waals surface area contributed by atoms with Crippen LogP contribution in [0, 0.1) is 0 Å². The fourth-order valence-electron chi connectivity index (χ4n) is 1.14. The van der Waals surface area contributed by atoms with Crippen molar-refractivity contribution in [3.63, 3.8) is 0 Å². The predicted molar refractivity (Wildman–Crippen MR) is 62.0 cm³/mol. The van der Waals surface area contributed by atoms with Crippen molar-refractivity contribution in [3.05, 3.63) is 33.6 Å². The van der Waals surface area contributed by atoms with E-state index in [1.807, 2.05) is 5.38 Å². The van der Waals surface area contributed by atoms with Crippen LogP contribution in [0.1, 0.15) is 0 Å². The summed E-state index contributed by atoms with van der Waals surface area (Å²) in [5.74, 6) is 0. The molecule has 0 fully saturated rings. The van der Waals surface area contributed by atoms with Crippen molar-refractivity contribution in [1.82, 2.24) is 4.98 Å². The molecule has 0 amide bonds. The number of anilines is 1. The van der Waals surface area contributed by atoms with Gasteiger partial charge in [-0.1, -0.05) is 29.3 Å². The van der Waals surface area contributed by atoms with Crippen LogP contribution in [0.2, 0.25) is 10.0 Å². The molecule has 0 spiro atoms. The van der Waals surface area contributed by atoms with Gasteiger partial charge in [-0.15, -0.1) is 11.3 Å². The highest BCUT2D eigenvalue weighted by Crippen LogP contribution is 2.35. The zero-order valence-corrected chi connectivity index (χ0v) is 9.33. The van der Waals surface area contributed by atoms with Gasteiger partial charge in [-0.3, -0.25) is 0 Å². The lowest BCUT2D eigenvalue weighted by molar-refractivity contribution is 1.41. The molecule has 14 heavy (non-hydrogen) atoms. The van der Waals surface area contributed by atoms with Gasteiger partial charge in [-0.25, -0.2) is 4.98 Å². The topological polar surface area (TPSA) is 38.9 Å². The van der Waals surface area contributed by atoms with Crippen molar-refractivity contribution >= 4 is 39.7 Å². The maximum atomic E-state index is 6.01. The van der Waals surface area contributed by atoms with Crippen LogP contribution < -0.4 is 5.73 Å². The van der Waals surface area contributed by atoms with Crippen molar-refractivity contribution in [2.45, 2.75) is 0 Å². The molecule has 1 heterocycles. The van der Waals surface area contributed by atoms with Crippen LogP contribution in [0.5, 0.6) is 0 Å². The molecule has 1 aromatic carbocycles. The number of nitrogens with two attached hydrogens (primary N) is 1. The third kappa shape index (κ3) is 1.71. The fraction of sp³-hybridized carbons (Fsp3) is 0. The van der Waals surface area contributed by atoms with Gasteiger partial charge in [0.25, 0.3) is 0 Å². The first-order valence-electron chi connectivity index (χ1n) is 3.84. The normalized spacial score (nSPS) is 10.4. The van der Waals surface area contributed by atoms with E-state index >= 15 is 0 Å². The van der Waals surface area contributed by atoms with Crippen molar-refractivity contribution in [2.24, 2.45) is 0 Å². The lowest BCUT2D eigenvalue weighted by Crippen LogP contribution is -1.84. The summed E-state index contributed by atoms with van der Waals surface area (Å²) in [7, 11) is 0. The third-order valence-corrected chi connectivity index (χ3v) is 3.04. The summed E-state index contributed by atoms with van der Waals surface area (Å²) < 4.78 is 0. The summed E-state index contributed by atoms with van der Waals surface area (Å²) in [5.41, 5.74) is 7.00. The monoisotopic (exact) mass is 244 g/mol. The number of nitrogen functional groups attached to an aromatic ring is 1. The number of halogens is 2. The summed E-state index contributed by atoms with van der Waals surface area (Å²) in [6.45, 7) is 0. The molecular weight excluding hydrogens is 239 g/mol. The molecule has 2 aromatic rings. The van der Waals surface area contributed by atoms with Crippen LogP contribution in [0.15, 0.2) is 23.6 Å². The first kappa shape index (κ1) is 9.77. The summed E-state index contributed by atoms with van der Waals surface area (Å²) in [5, 5.41) is 3.52. The zero-order valence-electron chi connectivity index (χ0n) is 7.00. The molecule has 0 saturated heterocycles. The minimum Gasteiger partial charge on any atom is -0.375 e. The molecule has 0 aliphatic heterocycles. The Bertz CT molecular complexity index is 447. The maximum absolute atomic E-state index is 6.01. The van der Waals surface area contributed by atoms with E-state index in [0.29, 0.717) is 15.2 Å². The smallest absolute Gasteiger partial charge is 0.180 e. The van der Waals surface area contributed by atoms with Crippen molar-refractivity contribution in [2.75, 3.05) is 5.73 Å². The molecule has 0 atom stereocenters. The Morgan fingerprint density at radius 1 is 1.21 bits per heavy atom. The highest BCUT2D eigenvalue weighted by molar-refractivity contribution is 7.13. The minimum absolute atomic E-state index is 0.510. The highest BCUT2D eigenvalue weighted by atomic mass is 35.5. The van der Waals surface area contributed by atoms with Crippen molar-refractivity contribution < 1.29 is 0 Å². The zero-order chi connectivity index (χ0) is 10.1. The van der Waals surface area contributed by atoms with E-state index in [1.54, 1.807) is 18.2 Å². The Labute approximate surface area is 95.3 Å². The van der Waals surface area contributed by atoms with E-state index < -0.39 is 0 Å². The maximum Gasteiger partial charge on any atom is 0.180 e. The van der Waals surface area contributed by atoms with Crippen molar-refractivity contribution in [1.29, 1.82) is 0 Å². The first-order chi connectivity index (χ1) is 6.68. The summed E-state index contributed by atoms with van der Waals surface area (Å²) in [4.78, 5) is 4.13. The quantitative estimate of drug-likeness (QED) is 0.831. The van der Waals surface area contributed by atoms with Gasteiger partial charge in [-0.2, -0.15) is 0 Å². The number of benzene rings is 1. The van der Waals surface area contributed by atoms with E-state index in [4.69, 9.17) is 28.9 Å². The van der Waals surface area contributed by atoms with Gasteiger partial charge in [0, 0.05) is 10.9 Å². The van der Waals surface area contributed by atoms with Gasteiger partial charge >= 0.3 is 0 Å². The minimum atomic E-state index is 0.510. The molecule has 0 aliphatic rings. The molecule has 5 heteroatoms. The summed E-state index contributed by atoms with van der Waals surface area (Å²) in [6.07, 6.45) is 0. The van der Waals surface area contributed by atoms with Crippen LogP contribution >= 0.6 is 34.5 Å². The lowest BCUT2D eigenvalue weighted by atomic mass is 10.2. The standard InChI is InChI=1S/C9H6Cl2N2S/c10-5-2-1-3-6(11)8(5)7-4-14-9(12)13-7/h1-4H,(H2,12,13). The SMILES string of the molecule is Nc1nc(-c2c(Cl)cccc2Cl)cs1. The van der Waals surface area contributed by atoms with Gasteiger partial charge < -0.3 is 5.73 Å². The van der Waals surface area contributed by atoms with Crippen LogP contribution in [-0.4, -0.2) is 4.98 Å². The molecule has 2 nitrogen and oxygen atoms in total. The molecular formula is C9H6Cl2N2S. The second-order valence-electron chi connectivity index (χ2n) is 2.67. The molecule has 72 valence electrons. The van der Waals surface area contributed by atoms with E-state index in [1.165, 1.54) is 11.3 Å². The van der Waals surface area contributed by atoms with Gasteiger partial charge in [0.15, 0.2) is 5.13 Å². The Morgan fingerprint density at radius 2 is 1.86 bits per heavy atom. The van der Waals surface area contributed by atoms with E-state index in [0.717, 1.165) is 11.3 Å². The van der Waals surface area contributed by atoms with Gasteiger partial charge in [0.2, 0.25) is 0 Å². The predicted octanol–water partition coefficient (Wildman–Crippen LogP) is 3.70. The van der Waals surface area contributed by atoms with E-state index in [9.17, 15) is 0 Å². The number of rotatable bonds is 1. The van der Waals surface area contributed by atoms with E-state index in [-0.39, 0.29) is 0 Å². The fourth-order valence-corrected chi connectivity index (χ4v) is 2.29. The summed E-state index contributed by atoms with van der Waals surface area (Å²) >= 11 is 13.4. The van der Waals surface area contributed by atoms with Gasteiger partial charge in [-0.05, 0) is 12.1 Å². The lowest BCUT2D eigenvalue weighted by Gasteiger charge is -2.02. The second kappa shape index (κ2) is 3.77. The third-order valence-electron chi connectivity index (χ3n) is 1.74. The Morgan fingerprint density at radius 3 is 2.36 bits per heavy atom. The Hall–Kier alpha value is -0.770. The second-order valence-corrected chi connectivity index (χ2v) is 4.37. The summed E-state index contributed by atoms with van der Waals surface area (Å²) in [6, 6.07) is 5.35. The van der Waals surface area contributed by atoms with Crippen LogP contribution in [0.25, 0.3) is 11.3 Å². The van der Waals surface area contributed by atoms with Crippen LogP contribution in [0.3, 0.4) is 0 Å². The average Bonchev–Trinajstić information content (AvgIpc) is 2.51. The number of hydrogen-bond acceptors (Lipinski definition) is 3. The van der Waals surface area contributed by atoms with E-state index in [2.05, 4.69) is 4.98 Å². The largest absolute Gasteiger partial charge is 0.375 e. The van der Waals surface area contributed by atoms with Gasteiger partial charge in [0.05, 0.1) is 15.7 Å². The molecule has 0 unspecified atom stereocenters. The van der Waals surface area contributed by atoms with Gasteiger partial charge in [0.1, 0.15) is 0 Å².